The number of amides is 1. The Morgan fingerprint density at radius 3 is 2.50 bits per heavy atom. The highest BCUT2D eigenvalue weighted by Gasteiger charge is 2.13. The zero-order valence-electron chi connectivity index (χ0n) is 17.5. The number of halogens is 2. The van der Waals surface area contributed by atoms with Gasteiger partial charge in [-0.2, -0.15) is 5.10 Å². The van der Waals surface area contributed by atoms with Gasteiger partial charge in [0.25, 0.3) is 5.91 Å². The van der Waals surface area contributed by atoms with Gasteiger partial charge in [0.05, 0.1) is 22.9 Å². The maximum atomic E-state index is 12.8. The minimum atomic E-state index is -0.256. The second-order valence-electron chi connectivity index (χ2n) is 7.27. The Bertz CT molecular complexity index is 1270. The van der Waals surface area contributed by atoms with Crippen molar-refractivity contribution in [3.8, 4) is 11.6 Å². The first kappa shape index (κ1) is 21.9. The van der Waals surface area contributed by atoms with E-state index in [1.807, 2.05) is 36.7 Å². The van der Waals surface area contributed by atoms with Gasteiger partial charge in [0.15, 0.2) is 5.75 Å². The molecular formula is C24H20Cl2N4O2. The molecule has 0 aliphatic heterocycles. The number of carbonyl (C=O) groups is 1. The minimum absolute atomic E-state index is 0.200. The van der Waals surface area contributed by atoms with Crippen LogP contribution in [0.4, 0.5) is 5.69 Å². The summed E-state index contributed by atoms with van der Waals surface area (Å²) in [5.74, 6) is 0.360. The van der Waals surface area contributed by atoms with Crippen LogP contribution in [0.15, 0.2) is 66.9 Å². The lowest BCUT2D eigenvalue weighted by molar-refractivity contribution is 0.102. The van der Waals surface area contributed by atoms with E-state index in [4.69, 9.17) is 27.9 Å². The summed E-state index contributed by atoms with van der Waals surface area (Å²) in [6.45, 7) is 4.64. The van der Waals surface area contributed by atoms with Crippen LogP contribution < -0.4 is 10.1 Å². The third-order valence-corrected chi connectivity index (χ3v) is 5.25. The first-order chi connectivity index (χ1) is 15.4. The first-order valence-electron chi connectivity index (χ1n) is 9.88. The van der Waals surface area contributed by atoms with Gasteiger partial charge in [-0.1, -0.05) is 47.5 Å². The molecular weight excluding hydrogens is 447 g/mol. The number of ether oxygens (including phenoxy) is 1. The van der Waals surface area contributed by atoms with Crippen LogP contribution in [0, 0.1) is 13.8 Å². The Kier molecular flexibility index (Phi) is 6.44. The normalized spacial score (nSPS) is 10.8. The number of carbonyl (C=O) groups excluding carboxylic acids is 1. The van der Waals surface area contributed by atoms with E-state index < -0.39 is 0 Å². The van der Waals surface area contributed by atoms with Crippen LogP contribution in [-0.2, 0) is 6.54 Å². The summed E-state index contributed by atoms with van der Waals surface area (Å²) in [6.07, 6.45) is 1.44. The van der Waals surface area contributed by atoms with Gasteiger partial charge in [-0.25, -0.2) is 4.98 Å². The monoisotopic (exact) mass is 466 g/mol. The summed E-state index contributed by atoms with van der Waals surface area (Å²) in [5, 5.41) is 8.04. The summed E-state index contributed by atoms with van der Waals surface area (Å²) < 4.78 is 7.74. The molecule has 0 fully saturated rings. The van der Waals surface area contributed by atoms with Crippen molar-refractivity contribution in [3.63, 3.8) is 0 Å². The van der Waals surface area contributed by atoms with Crippen molar-refractivity contribution >= 4 is 34.8 Å². The van der Waals surface area contributed by atoms with Crippen molar-refractivity contribution in [1.82, 2.24) is 14.8 Å². The molecule has 32 heavy (non-hydrogen) atoms. The van der Waals surface area contributed by atoms with E-state index in [0.717, 1.165) is 17.0 Å². The van der Waals surface area contributed by atoms with E-state index in [0.29, 0.717) is 28.6 Å². The molecule has 2 aromatic heterocycles. The van der Waals surface area contributed by atoms with Gasteiger partial charge in [-0.05, 0) is 55.8 Å². The second-order valence-corrected chi connectivity index (χ2v) is 8.12. The Balaban J connectivity index is 1.47. The lowest BCUT2D eigenvalue weighted by Crippen LogP contribution is -2.13. The van der Waals surface area contributed by atoms with Crippen molar-refractivity contribution in [2.75, 3.05) is 5.32 Å². The number of aryl methyl sites for hydroxylation is 2. The molecule has 162 valence electrons. The van der Waals surface area contributed by atoms with Gasteiger partial charge in [0, 0.05) is 17.5 Å². The summed E-state index contributed by atoms with van der Waals surface area (Å²) in [4.78, 5) is 16.9. The number of benzene rings is 2. The number of nitrogens with one attached hydrogen (secondary N) is 1. The van der Waals surface area contributed by atoms with E-state index in [2.05, 4.69) is 15.4 Å². The SMILES string of the molecule is Cc1cc(C)n(Cc2ccc(C(=O)Nc3ccccc3Oc3ncc(Cl)cc3Cl)cc2)n1. The largest absolute Gasteiger partial charge is 0.435 e. The predicted molar refractivity (Wildman–Crippen MR) is 126 cm³/mol. The predicted octanol–water partition coefficient (Wildman–Crippen LogP) is 6.29. The van der Waals surface area contributed by atoms with Crippen molar-refractivity contribution in [2.45, 2.75) is 20.4 Å². The highest BCUT2D eigenvalue weighted by atomic mass is 35.5. The number of aromatic nitrogens is 3. The van der Waals surface area contributed by atoms with Gasteiger partial charge in [0.2, 0.25) is 5.88 Å². The summed E-state index contributed by atoms with van der Waals surface area (Å²) >= 11 is 12.0. The van der Waals surface area contributed by atoms with E-state index in [9.17, 15) is 4.79 Å². The maximum absolute atomic E-state index is 12.8. The standard InChI is InChI=1S/C24H20Cl2N4O2/c1-15-11-16(2)30(29-15)14-17-7-9-18(10-8-17)23(31)28-21-5-3-4-6-22(21)32-24-20(26)12-19(25)13-27-24/h3-13H,14H2,1-2H3,(H,28,31). The molecule has 6 nitrogen and oxygen atoms in total. The van der Waals surface area contributed by atoms with Crippen molar-refractivity contribution in [2.24, 2.45) is 0 Å². The molecule has 0 bridgehead atoms. The van der Waals surface area contributed by atoms with Crippen LogP contribution in [-0.4, -0.2) is 20.7 Å². The molecule has 0 unspecified atom stereocenters. The van der Waals surface area contributed by atoms with Gasteiger partial charge < -0.3 is 10.1 Å². The summed E-state index contributed by atoms with van der Waals surface area (Å²) in [5.41, 5.74) is 4.15. The van der Waals surface area contributed by atoms with Crippen molar-refractivity contribution < 1.29 is 9.53 Å². The molecule has 0 aliphatic carbocycles. The molecule has 1 N–H and O–H groups in total. The van der Waals surface area contributed by atoms with E-state index in [-0.39, 0.29) is 16.8 Å². The first-order valence-corrected chi connectivity index (χ1v) is 10.6. The molecule has 1 amide bonds. The number of anilines is 1. The molecule has 0 radical (unpaired) electrons. The van der Waals surface area contributed by atoms with E-state index in [1.165, 1.54) is 6.20 Å². The van der Waals surface area contributed by atoms with E-state index >= 15 is 0 Å². The number of hydrogen-bond donors (Lipinski definition) is 1. The van der Waals surface area contributed by atoms with Crippen molar-refractivity contribution in [3.05, 3.63) is 99.4 Å². The Hall–Kier alpha value is -3.35. The third kappa shape index (κ3) is 5.10. The number of pyridine rings is 1. The van der Waals surface area contributed by atoms with Crippen LogP contribution in [0.2, 0.25) is 10.0 Å². The fourth-order valence-electron chi connectivity index (χ4n) is 3.20. The van der Waals surface area contributed by atoms with Gasteiger partial charge in [0.1, 0.15) is 5.02 Å². The third-order valence-electron chi connectivity index (χ3n) is 4.77. The topological polar surface area (TPSA) is 69.0 Å². The Morgan fingerprint density at radius 2 is 1.81 bits per heavy atom. The summed E-state index contributed by atoms with van der Waals surface area (Å²) in [7, 11) is 0. The smallest absolute Gasteiger partial charge is 0.255 e. The van der Waals surface area contributed by atoms with Gasteiger partial charge in [-0.15, -0.1) is 0 Å². The molecule has 4 rings (SSSR count). The molecule has 2 heterocycles. The maximum Gasteiger partial charge on any atom is 0.255 e. The molecule has 0 saturated heterocycles. The lowest BCUT2D eigenvalue weighted by Gasteiger charge is -2.13. The van der Waals surface area contributed by atoms with Crippen LogP contribution in [0.25, 0.3) is 0 Å². The zero-order valence-corrected chi connectivity index (χ0v) is 19.0. The second kappa shape index (κ2) is 9.42. The molecule has 0 spiro atoms. The number of para-hydroxylation sites is 2. The number of hydrogen-bond acceptors (Lipinski definition) is 4. The number of rotatable bonds is 6. The molecule has 2 aromatic carbocycles. The average Bonchev–Trinajstić information content (AvgIpc) is 3.08. The lowest BCUT2D eigenvalue weighted by atomic mass is 10.1. The molecule has 0 saturated carbocycles. The van der Waals surface area contributed by atoms with Crippen molar-refractivity contribution in [1.29, 1.82) is 0 Å². The van der Waals surface area contributed by atoms with Crippen LogP contribution >= 0.6 is 23.2 Å². The molecule has 8 heteroatoms. The fraction of sp³-hybridized carbons (Fsp3) is 0.125. The minimum Gasteiger partial charge on any atom is -0.435 e. The fourth-order valence-corrected chi connectivity index (χ4v) is 3.62. The Morgan fingerprint density at radius 1 is 1.06 bits per heavy atom. The quantitative estimate of drug-likeness (QED) is 0.362. The van der Waals surface area contributed by atoms with Crippen LogP contribution in [0.5, 0.6) is 11.6 Å². The number of nitrogens with zero attached hydrogens (tertiary/aromatic N) is 3. The molecule has 0 atom stereocenters. The van der Waals surface area contributed by atoms with E-state index in [1.54, 1.807) is 42.5 Å². The molecule has 4 aromatic rings. The van der Waals surface area contributed by atoms with Crippen LogP contribution in [0.3, 0.4) is 0 Å². The highest BCUT2D eigenvalue weighted by Crippen LogP contribution is 2.33. The van der Waals surface area contributed by atoms with Gasteiger partial charge in [-0.3, -0.25) is 9.48 Å². The average molecular weight is 467 g/mol. The Labute approximate surface area is 195 Å². The zero-order chi connectivity index (χ0) is 22.7. The van der Waals surface area contributed by atoms with Crippen LogP contribution in [0.1, 0.15) is 27.3 Å². The summed E-state index contributed by atoms with van der Waals surface area (Å²) in [6, 6.07) is 18.1. The molecule has 0 aliphatic rings. The highest BCUT2D eigenvalue weighted by molar-refractivity contribution is 6.35. The van der Waals surface area contributed by atoms with Gasteiger partial charge >= 0.3 is 0 Å².